The van der Waals surface area contributed by atoms with Gasteiger partial charge in [-0.05, 0) is 26.7 Å². The summed E-state index contributed by atoms with van der Waals surface area (Å²) in [5, 5.41) is 14.8. The first-order valence-corrected chi connectivity index (χ1v) is 5.43. The number of rotatable bonds is 4. The van der Waals surface area contributed by atoms with Crippen molar-refractivity contribution >= 4 is 5.69 Å². The molecule has 16 heavy (non-hydrogen) atoms. The summed E-state index contributed by atoms with van der Waals surface area (Å²) < 4.78 is 7.14. The van der Waals surface area contributed by atoms with Gasteiger partial charge in [0, 0.05) is 6.61 Å². The van der Waals surface area contributed by atoms with E-state index in [1.165, 1.54) is 6.20 Å². The average Bonchev–Trinajstić information content (AvgIpc) is 2.53. The topological polar surface area (TPSA) is 70.2 Å². The maximum Gasteiger partial charge on any atom is 0.309 e. The molecule has 1 aromatic rings. The van der Waals surface area contributed by atoms with Crippen LogP contribution in [0, 0.1) is 17.0 Å². The first kappa shape index (κ1) is 11.1. The number of nitrogens with zero attached hydrogens (tertiary/aromatic N) is 3. The largest absolute Gasteiger partial charge is 0.378 e. The first-order chi connectivity index (χ1) is 7.61. The zero-order valence-electron chi connectivity index (χ0n) is 9.42. The van der Waals surface area contributed by atoms with Gasteiger partial charge in [0.1, 0.15) is 11.9 Å². The van der Waals surface area contributed by atoms with Crippen molar-refractivity contribution in [3.63, 3.8) is 0 Å². The smallest absolute Gasteiger partial charge is 0.309 e. The van der Waals surface area contributed by atoms with Gasteiger partial charge >= 0.3 is 5.69 Å². The molecule has 6 nitrogen and oxygen atoms in total. The summed E-state index contributed by atoms with van der Waals surface area (Å²) in [6.45, 7) is 4.35. The minimum Gasteiger partial charge on any atom is -0.378 e. The van der Waals surface area contributed by atoms with Gasteiger partial charge in [-0.3, -0.25) is 14.8 Å². The lowest BCUT2D eigenvalue weighted by atomic mass is 9.89. The van der Waals surface area contributed by atoms with Crippen molar-refractivity contribution in [3.8, 4) is 0 Å². The number of aryl methyl sites for hydroxylation is 1. The summed E-state index contributed by atoms with van der Waals surface area (Å²) in [4.78, 5) is 10.3. The molecule has 0 N–H and O–H groups in total. The third-order valence-corrected chi connectivity index (χ3v) is 2.93. The summed E-state index contributed by atoms with van der Waals surface area (Å²) >= 11 is 0. The number of ether oxygens (including phenoxy) is 1. The molecule has 2 rings (SSSR count). The Morgan fingerprint density at radius 2 is 2.38 bits per heavy atom. The zero-order valence-corrected chi connectivity index (χ0v) is 9.42. The third kappa shape index (κ3) is 1.92. The molecule has 0 bridgehead atoms. The van der Waals surface area contributed by atoms with E-state index in [-0.39, 0.29) is 11.7 Å². The second-order valence-corrected chi connectivity index (χ2v) is 4.04. The molecule has 0 amide bonds. The summed E-state index contributed by atoms with van der Waals surface area (Å²) in [5.74, 6) is 0. The van der Waals surface area contributed by atoms with Crippen LogP contribution in [-0.2, 0) is 4.74 Å². The summed E-state index contributed by atoms with van der Waals surface area (Å²) in [6, 6.07) is 0.254. The van der Waals surface area contributed by atoms with Crippen LogP contribution in [0.3, 0.4) is 0 Å². The van der Waals surface area contributed by atoms with E-state index in [1.54, 1.807) is 11.6 Å². The number of hydrogen-bond acceptors (Lipinski definition) is 4. The lowest BCUT2D eigenvalue weighted by molar-refractivity contribution is -0.385. The average molecular weight is 225 g/mol. The van der Waals surface area contributed by atoms with E-state index in [9.17, 15) is 10.1 Å². The van der Waals surface area contributed by atoms with Gasteiger partial charge in [0.15, 0.2) is 0 Å². The van der Waals surface area contributed by atoms with Crippen LogP contribution in [0.25, 0.3) is 0 Å². The normalized spacial score (nSPS) is 24.1. The van der Waals surface area contributed by atoms with Gasteiger partial charge in [-0.1, -0.05) is 0 Å². The molecule has 1 aliphatic carbocycles. The first-order valence-electron chi connectivity index (χ1n) is 5.43. The second kappa shape index (κ2) is 4.21. The summed E-state index contributed by atoms with van der Waals surface area (Å²) in [7, 11) is 0. The van der Waals surface area contributed by atoms with Crippen LogP contribution in [0.2, 0.25) is 0 Å². The van der Waals surface area contributed by atoms with Crippen molar-refractivity contribution in [2.45, 2.75) is 38.8 Å². The van der Waals surface area contributed by atoms with Crippen LogP contribution in [-0.4, -0.2) is 27.4 Å². The van der Waals surface area contributed by atoms with E-state index in [4.69, 9.17) is 4.74 Å². The van der Waals surface area contributed by atoms with Crippen molar-refractivity contribution in [2.24, 2.45) is 0 Å². The van der Waals surface area contributed by atoms with E-state index in [0.717, 1.165) is 19.4 Å². The fourth-order valence-electron chi connectivity index (χ4n) is 1.96. The van der Waals surface area contributed by atoms with Crippen molar-refractivity contribution in [1.82, 2.24) is 9.78 Å². The standard InChI is InChI=1S/C10H15N3O3/c1-3-16-9-4-8(5-9)12-6-10(13(14)15)7(2)11-12/h6,8-9H,3-5H2,1-2H3. The Kier molecular flexibility index (Phi) is 2.91. The maximum absolute atomic E-state index is 10.7. The van der Waals surface area contributed by atoms with E-state index in [0.29, 0.717) is 11.8 Å². The Morgan fingerprint density at radius 1 is 1.69 bits per heavy atom. The highest BCUT2D eigenvalue weighted by molar-refractivity contribution is 5.31. The van der Waals surface area contributed by atoms with E-state index in [1.807, 2.05) is 6.92 Å². The highest BCUT2D eigenvalue weighted by Crippen LogP contribution is 2.35. The predicted molar refractivity (Wildman–Crippen MR) is 57.3 cm³/mol. The molecule has 0 radical (unpaired) electrons. The quantitative estimate of drug-likeness (QED) is 0.579. The van der Waals surface area contributed by atoms with E-state index >= 15 is 0 Å². The van der Waals surface area contributed by atoms with Gasteiger partial charge in [-0.15, -0.1) is 0 Å². The fourth-order valence-corrected chi connectivity index (χ4v) is 1.96. The van der Waals surface area contributed by atoms with Crippen LogP contribution in [0.4, 0.5) is 5.69 Å². The van der Waals surface area contributed by atoms with Crippen molar-refractivity contribution < 1.29 is 9.66 Å². The van der Waals surface area contributed by atoms with Crippen molar-refractivity contribution in [2.75, 3.05) is 6.61 Å². The molecular formula is C10H15N3O3. The number of hydrogen-bond donors (Lipinski definition) is 0. The molecule has 0 unspecified atom stereocenters. The summed E-state index contributed by atoms with van der Waals surface area (Å²) in [5.41, 5.74) is 0.574. The fraction of sp³-hybridized carbons (Fsp3) is 0.700. The highest BCUT2D eigenvalue weighted by atomic mass is 16.6. The van der Waals surface area contributed by atoms with Crippen LogP contribution in [0.15, 0.2) is 6.20 Å². The van der Waals surface area contributed by atoms with Crippen LogP contribution >= 0.6 is 0 Å². The lowest BCUT2D eigenvalue weighted by Gasteiger charge is -2.34. The molecule has 1 aliphatic rings. The molecule has 0 aliphatic heterocycles. The second-order valence-electron chi connectivity index (χ2n) is 4.04. The number of nitro groups is 1. The minimum absolute atomic E-state index is 0.0971. The molecule has 1 heterocycles. The van der Waals surface area contributed by atoms with Crippen LogP contribution in [0.1, 0.15) is 31.5 Å². The molecule has 0 saturated heterocycles. The van der Waals surface area contributed by atoms with E-state index < -0.39 is 4.92 Å². The number of aromatic nitrogens is 2. The monoisotopic (exact) mass is 225 g/mol. The van der Waals surface area contributed by atoms with Gasteiger partial charge in [0.25, 0.3) is 0 Å². The Balaban J connectivity index is 2.02. The maximum atomic E-state index is 10.7. The van der Waals surface area contributed by atoms with Crippen LogP contribution < -0.4 is 0 Å². The summed E-state index contributed by atoms with van der Waals surface area (Å²) in [6.07, 6.45) is 3.60. The molecule has 1 fully saturated rings. The molecule has 0 spiro atoms. The van der Waals surface area contributed by atoms with Gasteiger partial charge in [0.05, 0.1) is 17.1 Å². The highest BCUT2D eigenvalue weighted by Gasteiger charge is 2.33. The predicted octanol–water partition coefficient (Wildman–Crippen LogP) is 1.84. The van der Waals surface area contributed by atoms with Gasteiger partial charge in [-0.2, -0.15) is 5.10 Å². The minimum atomic E-state index is -0.391. The van der Waals surface area contributed by atoms with Gasteiger partial charge in [0.2, 0.25) is 0 Å². The molecule has 0 aromatic carbocycles. The molecule has 1 saturated carbocycles. The Bertz CT molecular complexity index is 396. The molecule has 88 valence electrons. The Hall–Kier alpha value is -1.43. The van der Waals surface area contributed by atoms with Crippen molar-refractivity contribution in [1.29, 1.82) is 0 Å². The molecule has 6 heteroatoms. The lowest BCUT2D eigenvalue weighted by Crippen LogP contribution is -2.33. The molecule has 0 atom stereocenters. The van der Waals surface area contributed by atoms with E-state index in [2.05, 4.69) is 5.10 Å². The Labute approximate surface area is 93.4 Å². The molecule has 1 aromatic heterocycles. The Morgan fingerprint density at radius 3 is 2.88 bits per heavy atom. The van der Waals surface area contributed by atoms with Crippen LogP contribution in [0.5, 0.6) is 0 Å². The zero-order chi connectivity index (χ0) is 11.7. The van der Waals surface area contributed by atoms with Gasteiger partial charge in [-0.25, -0.2) is 0 Å². The van der Waals surface area contributed by atoms with Gasteiger partial charge < -0.3 is 4.74 Å². The third-order valence-electron chi connectivity index (χ3n) is 2.93. The SMILES string of the molecule is CCOC1CC(n2cc([N+](=O)[O-])c(C)n2)C1. The molecular weight excluding hydrogens is 210 g/mol. The van der Waals surface area contributed by atoms with Crippen molar-refractivity contribution in [3.05, 3.63) is 22.0 Å².